The van der Waals surface area contributed by atoms with Crippen molar-refractivity contribution < 1.29 is 9.59 Å². The van der Waals surface area contributed by atoms with E-state index in [1.807, 2.05) is 53.4 Å². The van der Waals surface area contributed by atoms with Crippen LogP contribution in [0.3, 0.4) is 0 Å². The molecule has 1 saturated heterocycles. The summed E-state index contributed by atoms with van der Waals surface area (Å²) in [5.74, 6) is 0.398. The molecule has 9 nitrogen and oxygen atoms in total. The van der Waals surface area contributed by atoms with Gasteiger partial charge in [0.05, 0.1) is 12.1 Å². The summed E-state index contributed by atoms with van der Waals surface area (Å²) in [6, 6.07) is 28.3. The molecule has 232 valence electrons. The van der Waals surface area contributed by atoms with E-state index in [0.29, 0.717) is 45.6 Å². The topological polar surface area (TPSA) is 121 Å². The van der Waals surface area contributed by atoms with Gasteiger partial charge in [-0.05, 0) is 47.9 Å². The third-order valence-electron chi connectivity index (χ3n) is 8.74. The van der Waals surface area contributed by atoms with E-state index in [-0.39, 0.29) is 41.8 Å². The normalized spacial score (nSPS) is 20.0. The summed E-state index contributed by atoms with van der Waals surface area (Å²) >= 11 is 0. The molecule has 5 rings (SSSR count). The van der Waals surface area contributed by atoms with Crippen LogP contribution >= 0.6 is 0 Å². The molecule has 0 unspecified atom stereocenters. The number of nitrogens with one attached hydrogen (secondary N) is 6. The maximum atomic E-state index is 14.1. The van der Waals surface area contributed by atoms with Gasteiger partial charge in [-0.1, -0.05) is 84.9 Å². The van der Waals surface area contributed by atoms with Crippen molar-refractivity contribution in [2.24, 2.45) is 0 Å². The maximum absolute atomic E-state index is 14.1. The average Bonchev–Trinajstić information content (AvgIpc) is 3.22. The van der Waals surface area contributed by atoms with E-state index in [1.165, 1.54) is 22.3 Å². The number of carbonyl (C=O) groups is 2. The minimum absolute atomic E-state index is 0.00622. The van der Waals surface area contributed by atoms with Crippen LogP contribution < -0.4 is 26.6 Å². The SMILES string of the molecule is CNC(=N)NCCC[C@@H]1N[C@H](CNC(=O)[C@H]2Cc3ccccc3CN2)CCN(CC(c2ccccc2)c2ccccc2)C1=O. The Labute approximate surface area is 260 Å². The molecule has 2 aliphatic heterocycles. The quantitative estimate of drug-likeness (QED) is 0.115. The van der Waals surface area contributed by atoms with Crippen molar-refractivity contribution in [2.45, 2.75) is 56.3 Å². The molecular weight excluding hydrogens is 550 g/mol. The molecule has 44 heavy (non-hydrogen) atoms. The largest absolute Gasteiger partial charge is 0.360 e. The first kappa shape index (κ1) is 31.2. The second-order valence-electron chi connectivity index (χ2n) is 11.7. The van der Waals surface area contributed by atoms with Crippen molar-refractivity contribution in [1.29, 1.82) is 5.41 Å². The molecule has 0 radical (unpaired) electrons. The van der Waals surface area contributed by atoms with Gasteiger partial charge in [0.25, 0.3) is 0 Å². The lowest BCUT2D eigenvalue weighted by Gasteiger charge is -2.29. The van der Waals surface area contributed by atoms with E-state index < -0.39 is 0 Å². The van der Waals surface area contributed by atoms with Crippen LogP contribution in [-0.2, 0) is 22.6 Å². The second-order valence-corrected chi connectivity index (χ2v) is 11.7. The number of hydrogen-bond donors (Lipinski definition) is 6. The molecule has 2 heterocycles. The molecule has 0 aromatic heterocycles. The molecule has 0 spiro atoms. The molecule has 1 fully saturated rings. The smallest absolute Gasteiger partial charge is 0.239 e. The molecule has 2 aliphatic rings. The molecule has 6 N–H and O–H groups in total. The summed E-state index contributed by atoms with van der Waals surface area (Å²) in [4.78, 5) is 29.3. The van der Waals surface area contributed by atoms with Crippen LogP contribution in [0.2, 0.25) is 0 Å². The van der Waals surface area contributed by atoms with Gasteiger partial charge in [-0.15, -0.1) is 0 Å². The van der Waals surface area contributed by atoms with E-state index in [9.17, 15) is 9.59 Å². The maximum Gasteiger partial charge on any atom is 0.239 e. The van der Waals surface area contributed by atoms with Crippen molar-refractivity contribution in [3.8, 4) is 0 Å². The number of fused-ring (bicyclic) bond motifs is 1. The number of amides is 2. The Morgan fingerprint density at radius 1 is 0.955 bits per heavy atom. The van der Waals surface area contributed by atoms with Crippen molar-refractivity contribution in [3.05, 3.63) is 107 Å². The fraction of sp³-hybridized carbons (Fsp3) is 0.400. The third-order valence-corrected chi connectivity index (χ3v) is 8.74. The van der Waals surface area contributed by atoms with Crippen LogP contribution in [0.25, 0.3) is 0 Å². The Bertz CT molecular complexity index is 1340. The summed E-state index contributed by atoms with van der Waals surface area (Å²) in [5.41, 5.74) is 4.82. The molecule has 2 amide bonds. The fourth-order valence-electron chi connectivity index (χ4n) is 6.22. The highest BCUT2D eigenvalue weighted by atomic mass is 16.2. The van der Waals surface area contributed by atoms with Crippen molar-refractivity contribution in [2.75, 3.05) is 33.2 Å². The Kier molecular flexibility index (Phi) is 11.0. The molecular formula is C35H45N7O2. The molecule has 0 bridgehead atoms. The lowest BCUT2D eigenvalue weighted by atomic mass is 9.90. The van der Waals surface area contributed by atoms with Crippen molar-refractivity contribution in [3.63, 3.8) is 0 Å². The first-order chi connectivity index (χ1) is 21.5. The molecule has 0 aliphatic carbocycles. The lowest BCUT2D eigenvalue weighted by Crippen LogP contribution is -2.52. The van der Waals surface area contributed by atoms with Crippen LogP contribution in [0.1, 0.15) is 47.4 Å². The number of hydrogen-bond acceptors (Lipinski definition) is 5. The van der Waals surface area contributed by atoms with Crippen LogP contribution in [0.15, 0.2) is 84.9 Å². The van der Waals surface area contributed by atoms with Gasteiger partial charge in [0.2, 0.25) is 11.8 Å². The Morgan fingerprint density at radius 2 is 1.61 bits per heavy atom. The average molecular weight is 596 g/mol. The van der Waals surface area contributed by atoms with Gasteiger partial charge in [-0.2, -0.15) is 0 Å². The van der Waals surface area contributed by atoms with Gasteiger partial charge in [-0.3, -0.25) is 15.0 Å². The molecule has 3 aromatic rings. The predicted octanol–water partition coefficient (Wildman–Crippen LogP) is 2.73. The van der Waals surface area contributed by atoms with Gasteiger partial charge in [0.1, 0.15) is 0 Å². The summed E-state index contributed by atoms with van der Waals surface area (Å²) in [7, 11) is 1.71. The van der Waals surface area contributed by atoms with Crippen molar-refractivity contribution in [1.82, 2.24) is 31.5 Å². The van der Waals surface area contributed by atoms with Crippen LogP contribution in [0, 0.1) is 5.41 Å². The van der Waals surface area contributed by atoms with E-state index in [2.05, 4.69) is 63.0 Å². The van der Waals surface area contributed by atoms with E-state index in [0.717, 1.165) is 12.8 Å². The van der Waals surface area contributed by atoms with E-state index in [4.69, 9.17) is 5.41 Å². The van der Waals surface area contributed by atoms with Crippen LogP contribution in [0.5, 0.6) is 0 Å². The Balaban J connectivity index is 1.27. The fourth-order valence-corrected chi connectivity index (χ4v) is 6.22. The highest BCUT2D eigenvalue weighted by Crippen LogP contribution is 2.27. The zero-order valence-corrected chi connectivity index (χ0v) is 25.5. The first-order valence-corrected chi connectivity index (χ1v) is 15.7. The number of nitrogens with zero attached hydrogens (tertiary/aromatic N) is 1. The summed E-state index contributed by atoms with van der Waals surface area (Å²) < 4.78 is 0. The van der Waals surface area contributed by atoms with Gasteiger partial charge in [0.15, 0.2) is 5.96 Å². The Hall–Kier alpha value is -4.21. The number of guanidine groups is 1. The van der Waals surface area contributed by atoms with Gasteiger partial charge in [0, 0.05) is 51.7 Å². The standard InChI is InChI=1S/C35H45N7O2/c1-37-35(36)38-19-10-17-31-34(44)42(24-30(25-11-4-2-5-12-25)26-13-6-3-7-14-26)20-18-29(41-31)23-40-33(43)32-21-27-15-8-9-16-28(27)22-39-32/h2-9,11-16,29-32,39,41H,10,17-24H2,1H3,(H,40,43)(H3,36,37,38)/t29-,31-,32+/m0/s1. The third kappa shape index (κ3) is 8.24. The lowest BCUT2D eigenvalue weighted by molar-refractivity contribution is -0.133. The summed E-state index contributed by atoms with van der Waals surface area (Å²) in [6.45, 7) is 2.93. The van der Waals surface area contributed by atoms with Crippen LogP contribution in [0.4, 0.5) is 0 Å². The minimum Gasteiger partial charge on any atom is -0.360 e. The second kappa shape index (κ2) is 15.5. The summed E-state index contributed by atoms with van der Waals surface area (Å²) in [6.07, 6.45) is 2.77. The molecule has 9 heteroatoms. The zero-order valence-electron chi connectivity index (χ0n) is 25.5. The van der Waals surface area contributed by atoms with Gasteiger partial charge >= 0.3 is 0 Å². The van der Waals surface area contributed by atoms with Crippen molar-refractivity contribution >= 4 is 17.8 Å². The van der Waals surface area contributed by atoms with Gasteiger partial charge < -0.3 is 31.5 Å². The van der Waals surface area contributed by atoms with Gasteiger partial charge in [-0.25, -0.2) is 0 Å². The molecule has 3 atom stereocenters. The Morgan fingerprint density at radius 3 is 2.30 bits per heavy atom. The highest BCUT2D eigenvalue weighted by molar-refractivity contribution is 5.83. The predicted molar refractivity (Wildman–Crippen MR) is 174 cm³/mol. The highest BCUT2D eigenvalue weighted by Gasteiger charge is 2.33. The van der Waals surface area contributed by atoms with E-state index >= 15 is 0 Å². The minimum atomic E-state index is -0.378. The number of benzene rings is 3. The number of carbonyl (C=O) groups excluding carboxylic acids is 2. The van der Waals surface area contributed by atoms with E-state index in [1.54, 1.807) is 7.05 Å². The zero-order chi connectivity index (χ0) is 30.7. The first-order valence-electron chi connectivity index (χ1n) is 15.7. The molecule has 3 aromatic carbocycles. The van der Waals surface area contributed by atoms with Crippen LogP contribution in [-0.4, -0.2) is 74.0 Å². The molecule has 0 saturated carbocycles. The number of rotatable bonds is 11. The monoisotopic (exact) mass is 595 g/mol. The summed E-state index contributed by atoms with van der Waals surface area (Å²) in [5, 5.41) is 23.8.